The molecule has 0 saturated carbocycles. The lowest BCUT2D eigenvalue weighted by atomic mass is 10.1. The Hall–Kier alpha value is -1.23. The molecule has 2 N–H and O–H groups in total. The fourth-order valence-corrected chi connectivity index (χ4v) is 2.62. The number of rotatable bonds is 4. The number of halogens is 3. The summed E-state index contributed by atoms with van der Waals surface area (Å²) in [5.74, 6) is 0.254. The lowest BCUT2D eigenvalue weighted by Crippen LogP contribution is -2.05. The molecule has 0 amide bonds. The highest BCUT2D eigenvalue weighted by Gasteiger charge is 2.14. The van der Waals surface area contributed by atoms with Crippen LogP contribution in [0.2, 0.25) is 10.0 Å². The molecule has 2 aromatic carbocycles. The Morgan fingerprint density at radius 3 is 2.57 bits per heavy atom. The summed E-state index contributed by atoms with van der Waals surface area (Å²) in [6.45, 7) is 1.70. The number of nitrogens with two attached hydrogens (primary N) is 1. The van der Waals surface area contributed by atoms with Gasteiger partial charge in [0.25, 0.3) is 0 Å². The Morgan fingerprint density at radius 2 is 1.95 bits per heavy atom. The second kappa shape index (κ2) is 6.69. The summed E-state index contributed by atoms with van der Waals surface area (Å²) < 4.78 is 6.43. The van der Waals surface area contributed by atoms with Crippen molar-refractivity contribution in [2.24, 2.45) is 0 Å². The van der Waals surface area contributed by atoms with Gasteiger partial charge in [-0.25, -0.2) is 0 Å². The van der Waals surface area contributed by atoms with E-state index in [1.165, 1.54) is 6.92 Å². The van der Waals surface area contributed by atoms with Gasteiger partial charge in [0.15, 0.2) is 11.5 Å². The summed E-state index contributed by atoms with van der Waals surface area (Å²) in [7, 11) is 0. The van der Waals surface area contributed by atoms with Crippen LogP contribution in [-0.2, 0) is 6.61 Å². The number of Topliss-reactive ketones (excluding diaryl/α,β-unsaturated/α-hetero) is 1. The number of ketones is 1. The highest BCUT2D eigenvalue weighted by molar-refractivity contribution is 9.10. The van der Waals surface area contributed by atoms with E-state index >= 15 is 0 Å². The minimum Gasteiger partial charge on any atom is -0.486 e. The van der Waals surface area contributed by atoms with Crippen molar-refractivity contribution < 1.29 is 9.53 Å². The number of benzene rings is 2. The Morgan fingerprint density at radius 1 is 1.24 bits per heavy atom. The summed E-state index contributed by atoms with van der Waals surface area (Å²) in [4.78, 5) is 11.7. The van der Waals surface area contributed by atoms with Gasteiger partial charge in [0.05, 0.1) is 21.3 Å². The maximum atomic E-state index is 11.7. The van der Waals surface area contributed by atoms with E-state index in [4.69, 9.17) is 33.7 Å². The standard InChI is InChI=1S/C15H12BrCl2NO2/c1-8(20)11-5-10(16)6-14(19)15(11)21-7-9-2-3-12(17)13(18)4-9/h2-6H,7,19H2,1H3. The zero-order valence-corrected chi connectivity index (χ0v) is 14.2. The molecule has 0 fully saturated rings. The van der Waals surface area contributed by atoms with Crippen molar-refractivity contribution >= 4 is 50.6 Å². The summed E-state index contributed by atoms with van der Waals surface area (Å²) >= 11 is 15.1. The average Bonchev–Trinajstić information content (AvgIpc) is 2.40. The van der Waals surface area contributed by atoms with Gasteiger partial charge < -0.3 is 10.5 Å². The minimum atomic E-state index is -0.118. The zero-order valence-electron chi connectivity index (χ0n) is 11.1. The van der Waals surface area contributed by atoms with Gasteiger partial charge in [-0.05, 0) is 36.8 Å². The molecule has 0 radical (unpaired) electrons. The minimum absolute atomic E-state index is 0.118. The Bertz CT molecular complexity index is 704. The van der Waals surface area contributed by atoms with E-state index in [1.54, 1.807) is 30.3 Å². The molecule has 0 aliphatic rings. The van der Waals surface area contributed by atoms with Gasteiger partial charge in [0.2, 0.25) is 0 Å². The zero-order chi connectivity index (χ0) is 15.6. The van der Waals surface area contributed by atoms with E-state index in [0.717, 1.165) is 10.0 Å². The molecule has 21 heavy (non-hydrogen) atoms. The molecular formula is C15H12BrCl2NO2. The second-order valence-corrected chi connectivity index (χ2v) is 6.20. The largest absolute Gasteiger partial charge is 0.486 e. The molecule has 0 saturated heterocycles. The molecule has 0 aliphatic heterocycles. The van der Waals surface area contributed by atoms with Crippen LogP contribution in [0, 0.1) is 0 Å². The van der Waals surface area contributed by atoms with Crippen molar-refractivity contribution in [3.63, 3.8) is 0 Å². The van der Waals surface area contributed by atoms with E-state index < -0.39 is 0 Å². The average molecular weight is 389 g/mol. The van der Waals surface area contributed by atoms with Gasteiger partial charge >= 0.3 is 0 Å². The lowest BCUT2D eigenvalue weighted by Gasteiger charge is -2.13. The van der Waals surface area contributed by atoms with Crippen LogP contribution >= 0.6 is 39.1 Å². The first-order chi connectivity index (χ1) is 9.88. The first-order valence-corrected chi connectivity index (χ1v) is 7.60. The predicted octanol–water partition coefficient (Wildman–Crippen LogP) is 5.12. The Balaban J connectivity index is 2.27. The van der Waals surface area contributed by atoms with Crippen LogP contribution in [0.3, 0.4) is 0 Å². The quantitative estimate of drug-likeness (QED) is 0.584. The van der Waals surface area contributed by atoms with Crippen molar-refractivity contribution in [2.45, 2.75) is 13.5 Å². The number of carbonyl (C=O) groups excluding carboxylic acids is 1. The molecule has 2 rings (SSSR count). The summed E-state index contributed by atoms with van der Waals surface area (Å²) in [5, 5.41) is 0.932. The first kappa shape index (κ1) is 16.1. The van der Waals surface area contributed by atoms with E-state index in [-0.39, 0.29) is 12.4 Å². The molecule has 0 aromatic heterocycles. The Kier molecular flexibility index (Phi) is 5.14. The molecule has 0 atom stereocenters. The van der Waals surface area contributed by atoms with Crippen LogP contribution in [0.1, 0.15) is 22.8 Å². The molecule has 3 nitrogen and oxygen atoms in total. The predicted molar refractivity (Wildman–Crippen MR) is 89.4 cm³/mol. The van der Waals surface area contributed by atoms with Gasteiger partial charge in [-0.2, -0.15) is 0 Å². The fraction of sp³-hybridized carbons (Fsp3) is 0.133. The van der Waals surface area contributed by atoms with Crippen molar-refractivity contribution in [3.8, 4) is 5.75 Å². The van der Waals surface area contributed by atoms with Gasteiger partial charge in [0, 0.05) is 4.47 Å². The van der Waals surface area contributed by atoms with Crippen LogP contribution in [0.25, 0.3) is 0 Å². The third-order valence-electron chi connectivity index (χ3n) is 2.83. The number of anilines is 1. The molecule has 0 spiro atoms. The number of nitrogen functional groups attached to an aromatic ring is 1. The number of hydrogen-bond donors (Lipinski definition) is 1. The van der Waals surface area contributed by atoms with E-state index in [2.05, 4.69) is 15.9 Å². The van der Waals surface area contributed by atoms with Crippen molar-refractivity contribution in [1.82, 2.24) is 0 Å². The highest BCUT2D eigenvalue weighted by Crippen LogP contribution is 2.32. The van der Waals surface area contributed by atoms with Crippen LogP contribution in [0.4, 0.5) is 5.69 Å². The second-order valence-electron chi connectivity index (χ2n) is 4.47. The molecule has 0 unspecified atom stereocenters. The SMILES string of the molecule is CC(=O)c1cc(Br)cc(N)c1OCc1ccc(Cl)c(Cl)c1. The maximum Gasteiger partial charge on any atom is 0.163 e. The summed E-state index contributed by atoms with van der Waals surface area (Å²) in [6.07, 6.45) is 0. The topological polar surface area (TPSA) is 52.3 Å². The number of carbonyl (C=O) groups is 1. The summed E-state index contributed by atoms with van der Waals surface area (Å²) in [5.41, 5.74) is 7.59. The van der Waals surface area contributed by atoms with Crippen LogP contribution in [-0.4, -0.2) is 5.78 Å². The van der Waals surface area contributed by atoms with Gasteiger partial charge in [-0.15, -0.1) is 0 Å². The third kappa shape index (κ3) is 3.90. The van der Waals surface area contributed by atoms with Gasteiger partial charge in [-0.3, -0.25) is 4.79 Å². The van der Waals surface area contributed by atoms with Crippen molar-refractivity contribution in [1.29, 1.82) is 0 Å². The maximum absolute atomic E-state index is 11.7. The van der Waals surface area contributed by atoms with Crippen molar-refractivity contribution in [2.75, 3.05) is 5.73 Å². The Labute approximate surface area is 141 Å². The van der Waals surface area contributed by atoms with Gasteiger partial charge in [-0.1, -0.05) is 45.2 Å². The molecule has 6 heteroatoms. The molecule has 110 valence electrons. The van der Waals surface area contributed by atoms with E-state index in [1.807, 2.05) is 0 Å². The lowest BCUT2D eigenvalue weighted by molar-refractivity contribution is 0.101. The smallest absolute Gasteiger partial charge is 0.163 e. The van der Waals surface area contributed by atoms with Gasteiger partial charge in [0.1, 0.15) is 6.61 Å². The molecule has 2 aromatic rings. The molecule has 0 heterocycles. The number of hydrogen-bond acceptors (Lipinski definition) is 3. The molecular weight excluding hydrogens is 377 g/mol. The fourth-order valence-electron chi connectivity index (χ4n) is 1.82. The summed E-state index contributed by atoms with van der Waals surface area (Å²) in [6, 6.07) is 8.59. The molecule has 0 bridgehead atoms. The van der Waals surface area contributed by atoms with E-state index in [9.17, 15) is 4.79 Å². The van der Waals surface area contributed by atoms with E-state index in [0.29, 0.717) is 27.0 Å². The highest BCUT2D eigenvalue weighted by atomic mass is 79.9. The molecule has 0 aliphatic carbocycles. The number of ether oxygens (including phenoxy) is 1. The van der Waals surface area contributed by atoms with Crippen LogP contribution in [0.15, 0.2) is 34.8 Å². The monoisotopic (exact) mass is 387 g/mol. The normalized spacial score (nSPS) is 10.5. The first-order valence-electron chi connectivity index (χ1n) is 6.05. The third-order valence-corrected chi connectivity index (χ3v) is 4.03. The van der Waals surface area contributed by atoms with Crippen LogP contribution in [0.5, 0.6) is 5.75 Å². The van der Waals surface area contributed by atoms with Crippen molar-refractivity contribution in [3.05, 3.63) is 56.0 Å². The van der Waals surface area contributed by atoms with Crippen LogP contribution < -0.4 is 10.5 Å².